The Balaban J connectivity index is 3.00. The van der Waals surface area contributed by atoms with E-state index in [9.17, 15) is 5.11 Å². The SMILES string of the molecule is CNCc1c(Cl)cccc1N(C)CC(C)(C)O. The first-order chi connectivity index (χ1) is 7.85. The number of halogens is 1. The molecule has 2 N–H and O–H groups in total. The van der Waals surface area contributed by atoms with Crippen LogP contribution >= 0.6 is 11.6 Å². The van der Waals surface area contributed by atoms with E-state index in [4.69, 9.17) is 11.6 Å². The van der Waals surface area contributed by atoms with Gasteiger partial charge in [-0.05, 0) is 33.0 Å². The zero-order valence-corrected chi connectivity index (χ0v) is 11.7. The molecule has 0 fully saturated rings. The number of likely N-dealkylation sites (N-methyl/N-ethyl adjacent to an activating group) is 1. The molecule has 0 amide bonds. The quantitative estimate of drug-likeness (QED) is 0.849. The number of hydrogen-bond acceptors (Lipinski definition) is 3. The van der Waals surface area contributed by atoms with Crippen LogP contribution in [0.4, 0.5) is 5.69 Å². The molecule has 0 aliphatic rings. The molecular weight excluding hydrogens is 236 g/mol. The van der Waals surface area contributed by atoms with Gasteiger partial charge in [-0.25, -0.2) is 0 Å². The van der Waals surface area contributed by atoms with Crippen LogP contribution in [0.1, 0.15) is 19.4 Å². The zero-order chi connectivity index (χ0) is 13.1. The number of nitrogens with one attached hydrogen (secondary N) is 1. The highest BCUT2D eigenvalue weighted by Crippen LogP contribution is 2.27. The van der Waals surface area contributed by atoms with Crippen LogP contribution in [0.2, 0.25) is 5.02 Å². The fourth-order valence-electron chi connectivity index (χ4n) is 1.92. The molecular formula is C13H21ClN2O. The van der Waals surface area contributed by atoms with Crippen LogP contribution < -0.4 is 10.2 Å². The van der Waals surface area contributed by atoms with Gasteiger partial charge in [0.05, 0.1) is 5.60 Å². The fraction of sp³-hybridized carbons (Fsp3) is 0.538. The second kappa shape index (κ2) is 5.71. The van der Waals surface area contributed by atoms with Crippen molar-refractivity contribution < 1.29 is 5.11 Å². The average Bonchev–Trinajstić information content (AvgIpc) is 2.18. The molecule has 1 aromatic rings. The summed E-state index contributed by atoms with van der Waals surface area (Å²) in [6.45, 7) is 4.87. The standard InChI is InChI=1S/C13H21ClN2O/c1-13(2,17)9-16(4)12-7-5-6-11(14)10(12)8-15-3/h5-7,15,17H,8-9H2,1-4H3. The van der Waals surface area contributed by atoms with Gasteiger partial charge in [-0.2, -0.15) is 0 Å². The van der Waals surface area contributed by atoms with E-state index < -0.39 is 5.60 Å². The number of benzene rings is 1. The molecule has 0 unspecified atom stereocenters. The van der Waals surface area contributed by atoms with Crippen molar-refractivity contribution in [2.24, 2.45) is 0 Å². The Morgan fingerprint density at radius 2 is 2.06 bits per heavy atom. The minimum atomic E-state index is -0.728. The summed E-state index contributed by atoms with van der Waals surface area (Å²) in [6.07, 6.45) is 0. The van der Waals surface area contributed by atoms with Crippen molar-refractivity contribution in [1.82, 2.24) is 5.32 Å². The van der Waals surface area contributed by atoms with Gasteiger partial charge in [0.2, 0.25) is 0 Å². The van der Waals surface area contributed by atoms with Gasteiger partial charge >= 0.3 is 0 Å². The van der Waals surface area contributed by atoms with E-state index in [0.717, 1.165) is 16.3 Å². The largest absolute Gasteiger partial charge is 0.389 e. The Hall–Kier alpha value is -0.770. The molecule has 0 heterocycles. The van der Waals surface area contributed by atoms with E-state index in [1.807, 2.05) is 37.2 Å². The van der Waals surface area contributed by atoms with Crippen molar-refractivity contribution in [3.63, 3.8) is 0 Å². The van der Waals surface area contributed by atoms with Crippen molar-refractivity contribution >= 4 is 17.3 Å². The molecule has 4 heteroatoms. The van der Waals surface area contributed by atoms with E-state index in [0.29, 0.717) is 13.1 Å². The zero-order valence-electron chi connectivity index (χ0n) is 10.9. The molecule has 17 heavy (non-hydrogen) atoms. The topological polar surface area (TPSA) is 35.5 Å². The molecule has 0 atom stereocenters. The summed E-state index contributed by atoms with van der Waals surface area (Å²) in [5.74, 6) is 0. The molecule has 1 rings (SSSR count). The van der Waals surface area contributed by atoms with Gasteiger partial charge in [-0.1, -0.05) is 17.7 Å². The summed E-state index contributed by atoms with van der Waals surface area (Å²) in [5, 5.41) is 13.7. The second-order valence-electron chi connectivity index (χ2n) is 4.94. The highest BCUT2D eigenvalue weighted by atomic mass is 35.5. The normalized spacial score (nSPS) is 11.6. The highest BCUT2D eigenvalue weighted by molar-refractivity contribution is 6.31. The first-order valence-electron chi connectivity index (χ1n) is 5.70. The van der Waals surface area contributed by atoms with E-state index in [1.165, 1.54) is 0 Å². The number of anilines is 1. The third-order valence-corrected chi connectivity index (χ3v) is 2.84. The van der Waals surface area contributed by atoms with Crippen molar-refractivity contribution in [3.8, 4) is 0 Å². The van der Waals surface area contributed by atoms with E-state index in [2.05, 4.69) is 5.32 Å². The van der Waals surface area contributed by atoms with Crippen molar-refractivity contribution in [3.05, 3.63) is 28.8 Å². The molecule has 0 bridgehead atoms. The molecule has 1 aromatic carbocycles. The van der Waals surface area contributed by atoms with Crippen LogP contribution in [-0.2, 0) is 6.54 Å². The smallest absolute Gasteiger partial charge is 0.0765 e. The molecule has 0 aliphatic carbocycles. The van der Waals surface area contributed by atoms with Gasteiger partial charge < -0.3 is 15.3 Å². The maximum atomic E-state index is 9.85. The first kappa shape index (κ1) is 14.3. The molecule has 0 aliphatic heterocycles. The lowest BCUT2D eigenvalue weighted by Crippen LogP contribution is -2.36. The van der Waals surface area contributed by atoms with Crippen LogP contribution in [0.25, 0.3) is 0 Å². The summed E-state index contributed by atoms with van der Waals surface area (Å²) in [7, 11) is 3.85. The summed E-state index contributed by atoms with van der Waals surface area (Å²) in [5.41, 5.74) is 1.38. The monoisotopic (exact) mass is 256 g/mol. The highest BCUT2D eigenvalue weighted by Gasteiger charge is 2.18. The van der Waals surface area contributed by atoms with E-state index in [-0.39, 0.29) is 0 Å². The minimum absolute atomic E-state index is 0.560. The lowest BCUT2D eigenvalue weighted by Gasteiger charge is -2.29. The molecule has 0 radical (unpaired) electrons. The summed E-state index contributed by atoms with van der Waals surface area (Å²) in [4.78, 5) is 2.03. The third-order valence-electron chi connectivity index (χ3n) is 2.48. The maximum absolute atomic E-state index is 9.85. The van der Waals surface area contributed by atoms with Crippen LogP contribution in [0.3, 0.4) is 0 Å². The molecule has 0 spiro atoms. The third kappa shape index (κ3) is 4.19. The van der Waals surface area contributed by atoms with Gasteiger partial charge in [0.15, 0.2) is 0 Å². The number of hydrogen-bond donors (Lipinski definition) is 2. The van der Waals surface area contributed by atoms with Gasteiger partial charge in [0.25, 0.3) is 0 Å². The van der Waals surface area contributed by atoms with Gasteiger partial charge in [-0.3, -0.25) is 0 Å². The van der Waals surface area contributed by atoms with Crippen LogP contribution in [0.15, 0.2) is 18.2 Å². The summed E-state index contributed by atoms with van der Waals surface area (Å²) >= 11 is 6.19. The van der Waals surface area contributed by atoms with Crippen molar-refractivity contribution in [2.75, 3.05) is 25.5 Å². The first-order valence-corrected chi connectivity index (χ1v) is 6.08. The fourth-order valence-corrected chi connectivity index (χ4v) is 2.16. The minimum Gasteiger partial charge on any atom is -0.389 e. The summed E-state index contributed by atoms with van der Waals surface area (Å²) in [6, 6.07) is 5.83. The second-order valence-corrected chi connectivity index (χ2v) is 5.34. The lowest BCUT2D eigenvalue weighted by molar-refractivity contribution is 0.0886. The maximum Gasteiger partial charge on any atom is 0.0765 e. The average molecular weight is 257 g/mol. The summed E-state index contributed by atoms with van der Waals surface area (Å²) < 4.78 is 0. The lowest BCUT2D eigenvalue weighted by atomic mass is 10.1. The molecule has 0 saturated heterocycles. The van der Waals surface area contributed by atoms with Gasteiger partial charge in [0.1, 0.15) is 0 Å². The van der Waals surface area contributed by atoms with E-state index in [1.54, 1.807) is 13.8 Å². The van der Waals surface area contributed by atoms with Crippen molar-refractivity contribution in [2.45, 2.75) is 26.0 Å². The molecule has 96 valence electrons. The number of nitrogens with zero attached hydrogens (tertiary/aromatic N) is 1. The predicted molar refractivity (Wildman–Crippen MR) is 73.8 cm³/mol. The Morgan fingerprint density at radius 1 is 1.41 bits per heavy atom. The van der Waals surface area contributed by atoms with Crippen LogP contribution in [0.5, 0.6) is 0 Å². The van der Waals surface area contributed by atoms with Crippen LogP contribution in [0, 0.1) is 0 Å². The Bertz CT molecular complexity index is 374. The Morgan fingerprint density at radius 3 is 2.59 bits per heavy atom. The Labute approximate surface area is 108 Å². The van der Waals surface area contributed by atoms with E-state index >= 15 is 0 Å². The van der Waals surface area contributed by atoms with Gasteiger partial charge in [-0.15, -0.1) is 0 Å². The predicted octanol–water partition coefficient (Wildman–Crippen LogP) is 2.27. The van der Waals surface area contributed by atoms with Crippen molar-refractivity contribution in [1.29, 1.82) is 0 Å². The molecule has 3 nitrogen and oxygen atoms in total. The van der Waals surface area contributed by atoms with Crippen LogP contribution in [-0.4, -0.2) is 31.3 Å². The molecule has 0 saturated carbocycles. The Kier molecular flexibility index (Phi) is 4.80. The number of rotatable bonds is 5. The van der Waals surface area contributed by atoms with Gasteiger partial charge in [0, 0.05) is 36.4 Å². The molecule has 0 aromatic heterocycles. The number of aliphatic hydroxyl groups is 1.